The summed E-state index contributed by atoms with van der Waals surface area (Å²) in [7, 11) is -1.15. The number of benzene rings is 1. The van der Waals surface area contributed by atoms with Crippen molar-refractivity contribution in [1.29, 1.82) is 0 Å². The number of nitrogens with one attached hydrogen (secondary N) is 1. The van der Waals surface area contributed by atoms with Crippen LogP contribution in [0.25, 0.3) is 0 Å². The smallest absolute Gasteiger partial charge is 0.232 e. The molecule has 0 aliphatic rings. The molecule has 1 rings (SSSR count). The second kappa shape index (κ2) is 7.43. The Morgan fingerprint density at radius 3 is 2.63 bits per heavy atom. The lowest BCUT2D eigenvalue weighted by Gasteiger charge is -2.09. The minimum absolute atomic E-state index is 0.0834. The highest BCUT2D eigenvalue weighted by molar-refractivity contribution is 7.84. The van der Waals surface area contributed by atoms with Crippen molar-refractivity contribution >= 4 is 16.7 Å². The van der Waals surface area contributed by atoms with E-state index in [1.165, 1.54) is 0 Å². The zero-order chi connectivity index (χ0) is 14.4. The average molecular weight is 281 g/mol. The molecule has 0 aliphatic carbocycles. The van der Waals surface area contributed by atoms with Gasteiger partial charge in [-0.15, -0.1) is 0 Å². The van der Waals surface area contributed by atoms with E-state index in [1.807, 2.05) is 45.9 Å². The summed E-state index contributed by atoms with van der Waals surface area (Å²) >= 11 is 0. The second-order valence-corrected chi connectivity index (χ2v) is 6.81. The van der Waals surface area contributed by atoms with Crippen molar-refractivity contribution in [1.82, 2.24) is 5.32 Å². The first kappa shape index (κ1) is 15.9. The summed E-state index contributed by atoms with van der Waals surface area (Å²) in [5, 5.41) is 2.79. The molecule has 0 spiro atoms. The van der Waals surface area contributed by atoms with Crippen LogP contribution >= 0.6 is 0 Å². The van der Waals surface area contributed by atoms with E-state index in [4.69, 9.17) is 0 Å². The molecule has 0 aromatic heterocycles. The topological polar surface area (TPSA) is 46.2 Å². The van der Waals surface area contributed by atoms with E-state index in [0.29, 0.717) is 18.2 Å². The van der Waals surface area contributed by atoms with Crippen molar-refractivity contribution in [3.63, 3.8) is 0 Å². The molecule has 3 nitrogen and oxygen atoms in total. The number of hydrogen-bond acceptors (Lipinski definition) is 2. The lowest BCUT2D eigenvalue weighted by Crippen LogP contribution is -2.31. The van der Waals surface area contributed by atoms with Gasteiger partial charge in [-0.2, -0.15) is 0 Å². The summed E-state index contributed by atoms with van der Waals surface area (Å²) in [6, 6.07) is 6.11. The molecule has 0 fully saturated rings. The van der Waals surface area contributed by atoms with Gasteiger partial charge in [-0.3, -0.25) is 9.00 Å². The number of carbonyl (C=O) groups excluding carboxylic acids is 1. The lowest BCUT2D eigenvalue weighted by molar-refractivity contribution is -0.118. The summed E-state index contributed by atoms with van der Waals surface area (Å²) in [4.78, 5) is 11.6. The molecular formula is C15H23NO2S. The molecule has 1 aromatic rings. The van der Waals surface area contributed by atoms with E-state index >= 15 is 0 Å². The van der Waals surface area contributed by atoms with E-state index in [0.717, 1.165) is 16.7 Å². The molecule has 106 valence electrons. The highest BCUT2D eigenvalue weighted by Crippen LogP contribution is 2.12. The SMILES string of the molecule is Cc1ccc(C)c(CS(=O)CC(=O)NCC(C)C)c1. The van der Waals surface area contributed by atoms with Gasteiger partial charge in [-0.05, 0) is 30.9 Å². The second-order valence-electron chi connectivity index (χ2n) is 5.36. The standard InChI is InChI=1S/C15H23NO2S/c1-11(2)8-16-15(17)10-19(18)9-14-7-12(3)5-6-13(14)4/h5-7,11H,8-10H2,1-4H3,(H,16,17). The van der Waals surface area contributed by atoms with Crippen LogP contribution in [0.4, 0.5) is 0 Å². The van der Waals surface area contributed by atoms with Crippen LogP contribution in [0, 0.1) is 19.8 Å². The van der Waals surface area contributed by atoms with Crippen molar-refractivity contribution < 1.29 is 9.00 Å². The van der Waals surface area contributed by atoms with Crippen molar-refractivity contribution in [2.45, 2.75) is 33.4 Å². The summed E-state index contributed by atoms with van der Waals surface area (Å²) < 4.78 is 12.0. The first-order valence-corrected chi connectivity index (χ1v) is 8.05. The maximum absolute atomic E-state index is 12.0. The van der Waals surface area contributed by atoms with Crippen LogP contribution < -0.4 is 5.32 Å². The Kier molecular flexibility index (Phi) is 6.22. The molecule has 0 saturated heterocycles. The van der Waals surface area contributed by atoms with Gasteiger partial charge in [0.15, 0.2) is 0 Å². The molecule has 0 heterocycles. The maximum atomic E-state index is 12.0. The fraction of sp³-hybridized carbons (Fsp3) is 0.533. The average Bonchev–Trinajstić information content (AvgIpc) is 2.31. The van der Waals surface area contributed by atoms with Crippen molar-refractivity contribution in [2.24, 2.45) is 5.92 Å². The zero-order valence-electron chi connectivity index (χ0n) is 12.2. The molecule has 1 unspecified atom stereocenters. The van der Waals surface area contributed by atoms with E-state index in [2.05, 4.69) is 5.32 Å². The van der Waals surface area contributed by atoms with E-state index in [9.17, 15) is 9.00 Å². The molecular weight excluding hydrogens is 258 g/mol. The van der Waals surface area contributed by atoms with E-state index < -0.39 is 10.8 Å². The van der Waals surface area contributed by atoms with Crippen molar-refractivity contribution in [3.8, 4) is 0 Å². The quantitative estimate of drug-likeness (QED) is 0.870. The third-order valence-electron chi connectivity index (χ3n) is 2.82. The number of amides is 1. The van der Waals surface area contributed by atoms with Crippen LogP contribution in [0.15, 0.2) is 18.2 Å². The fourth-order valence-corrected chi connectivity index (χ4v) is 2.85. The van der Waals surface area contributed by atoms with E-state index in [1.54, 1.807) is 0 Å². The number of aryl methyl sites for hydroxylation is 2. The Hall–Kier alpha value is -1.16. The van der Waals surface area contributed by atoms with E-state index in [-0.39, 0.29) is 11.7 Å². The molecule has 1 N–H and O–H groups in total. The van der Waals surface area contributed by atoms with Gasteiger partial charge in [-0.25, -0.2) is 0 Å². The molecule has 0 radical (unpaired) electrons. The van der Waals surface area contributed by atoms with Gasteiger partial charge in [0.1, 0.15) is 5.75 Å². The molecule has 0 saturated carbocycles. The van der Waals surface area contributed by atoms with Crippen LogP contribution in [0.1, 0.15) is 30.5 Å². The molecule has 1 aromatic carbocycles. The molecule has 1 atom stereocenters. The van der Waals surface area contributed by atoms with Gasteiger partial charge < -0.3 is 5.32 Å². The van der Waals surface area contributed by atoms with Gasteiger partial charge in [0, 0.05) is 23.1 Å². The third kappa shape index (κ3) is 6.01. The normalized spacial score (nSPS) is 12.5. The summed E-state index contributed by atoms with van der Waals surface area (Å²) in [5.41, 5.74) is 3.35. The Morgan fingerprint density at radius 1 is 1.32 bits per heavy atom. The van der Waals surface area contributed by atoms with Crippen LogP contribution in [-0.2, 0) is 21.3 Å². The van der Waals surface area contributed by atoms with Gasteiger partial charge in [0.05, 0.1) is 0 Å². The largest absolute Gasteiger partial charge is 0.355 e. The number of hydrogen-bond donors (Lipinski definition) is 1. The maximum Gasteiger partial charge on any atom is 0.232 e. The van der Waals surface area contributed by atoms with Crippen molar-refractivity contribution in [2.75, 3.05) is 12.3 Å². The molecule has 19 heavy (non-hydrogen) atoms. The Morgan fingerprint density at radius 2 is 2.00 bits per heavy atom. The predicted molar refractivity (Wildman–Crippen MR) is 80.5 cm³/mol. The van der Waals surface area contributed by atoms with Crippen LogP contribution in [0.2, 0.25) is 0 Å². The molecule has 4 heteroatoms. The zero-order valence-corrected chi connectivity index (χ0v) is 13.0. The van der Waals surface area contributed by atoms with Crippen LogP contribution in [0.3, 0.4) is 0 Å². The number of rotatable bonds is 6. The first-order valence-electron chi connectivity index (χ1n) is 6.56. The highest BCUT2D eigenvalue weighted by Gasteiger charge is 2.10. The highest BCUT2D eigenvalue weighted by atomic mass is 32.2. The minimum atomic E-state index is -1.15. The predicted octanol–water partition coefficient (Wildman–Crippen LogP) is 2.32. The monoisotopic (exact) mass is 281 g/mol. The minimum Gasteiger partial charge on any atom is -0.355 e. The Labute approximate surface area is 118 Å². The summed E-state index contributed by atoms with van der Waals surface area (Å²) in [6.45, 7) is 8.73. The van der Waals surface area contributed by atoms with Gasteiger partial charge >= 0.3 is 0 Å². The Bertz CT molecular complexity index is 469. The molecule has 0 bridgehead atoms. The summed E-state index contributed by atoms with van der Waals surface area (Å²) in [6.07, 6.45) is 0. The van der Waals surface area contributed by atoms with Crippen LogP contribution in [-0.4, -0.2) is 22.4 Å². The lowest BCUT2D eigenvalue weighted by atomic mass is 10.1. The first-order chi connectivity index (χ1) is 8.88. The third-order valence-corrected chi connectivity index (χ3v) is 4.04. The molecule has 1 amide bonds. The summed E-state index contributed by atoms with van der Waals surface area (Å²) in [5.74, 6) is 0.816. The molecule has 0 aliphatic heterocycles. The van der Waals surface area contributed by atoms with Gasteiger partial charge in [0.25, 0.3) is 0 Å². The van der Waals surface area contributed by atoms with Crippen LogP contribution in [0.5, 0.6) is 0 Å². The van der Waals surface area contributed by atoms with Gasteiger partial charge in [-0.1, -0.05) is 37.6 Å². The fourth-order valence-electron chi connectivity index (χ4n) is 1.70. The van der Waals surface area contributed by atoms with Gasteiger partial charge in [0.2, 0.25) is 5.91 Å². The number of carbonyl (C=O) groups is 1. The Balaban J connectivity index is 2.51. The van der Waals surface area contributed by atoms with Crippen molar-refractivity contribution in [3.05, 3.63) is 34.9 Å².